The van der Waals surface area contributed by atoms with Gasteiger partial charge in [-0.05, 0) is 26.0 Å². The molecule has 0 fully saturated rings. The van der Waals surface area contributed by atoms with Crippen molar-refractivity contribution in [2.45, 2.75) is 13.8 Å². The first-order valence-electron chi connectivity index (χ1n) is 6.12. The van der Waals surface area contributed by atoms with E-state index in [1.807, 2.05) is 0 Å². The summed E-state index contributed by atoms with van der Waals surface area (Å²) in [7, 11) is -3.34. The highest BCUT2D eigenvalue weighted by Crippen LogP contribution is 2.48. The summed E-state index contributed by atoms with van der Waals surface area (Å²) >= 11 is 0. The van der Waals surface area contributed by atoms with Crippen LogP contribution in [-0.4, -0.2) is 13.2 Å². The zero-order chi connectivity index (χ0) is 13.9. The molecule has 2 rings (SSSR count). The van der Waals surface area contributed by atoms with Gasteiger partial charge in [0.05, 0.1) is 18.5 Å². The number of fused-ring (bicyclic) bond motifs is 1. The molecule has 1 heterocycles. The second-order valence-corrected chi connectivity index (χ2v) is 5.91. The molecule has 5 nitrogen and oxygen atoms in total. The molecule has 0 saturated carbocycles. The van der Waals surface area contributed by atoms with Crippen LogP contribution in [0.25, 0.3) is 10.8 Å². The highest BCUT2D eigenvalue weighted by atomic mass is 31.2. The van der Waals surface area contributed by atoms with Gasteiger partial charge in [0.25, 0.3) is 0 Å². The minimum atomic E-state index is -3.34. The molecule has 0 radical (unpaired) electrons. The molecular formula is C13H16NO4P. The lowest BCUT2D eigenvalue weighted by atomic mass is 10.2. The van der Waals surface area contributed by atoms with Gasteiger partial charge in [-0.15, -0.1) is 0 Å². The van der Waals surface area contributed by atoms with Crippen molar-refractivity contribution in [2.75, 3.05) is 13.2 Å². The maximum absolute atomic E-state index is 12.8. The highest BCUT2D eigenvalue weighted by molar-refractivity contribution is 7.62. The van der Waals surface area contributed by atoms with Gasteiger partial charge in [-0.3, -0.25) is 4.57 Å². The van der Waals surface area contributed by atoms with Crippen molar-refractivity contribution in [3.63, 3.8) is 0 Å². The van der Waals surface area contributed by atoms with Crippen molar-refractivity contribution in [1.82, 2.24) is 0 Å². The van der Waals surface area contributed by atoms with Crippen LogP contribution < -0.4 is 10.0 Å². The Morgan fingerprint density at radius 3 is 2.53 bits per heavy atom. The van der Waals surface area contributed by atoms with Crippen molar-refractivity contribution in [2.24, 2.45) is 0 Å². The maximum atomic E-state index is 12.8. The smallest absolute Gasteiger partial charge is 0.361 e. The summed E-state index contributed by atoms with van der Waals surface area (Å²) in [6.07, 6.45) is 2.80. The van der Waals surface area contributed by atoms with E-state index in [1.165, 1.54) is 12.4 Å². The number of rotatable bonds is 5. The average molecular weight is 281 g/mol. The van der Waals surface area contributed by atoms with Gasteiger partial charge >= 0.3 is 7.60 Å². The second-order valence-electron chi connectivity index (χ2n) is 3.92. The summed E-state index contributed by atoms with van der Waals surface area (Å²) in [6, 6.07) is 6.86. The Bertz CT molecular complexity index is 619. The first kappa shape index (κ1) is 14.0. The first-order valence-corrected chi connectivity index (χ1v) is 7.66. The van der Waals surface area contributed by atoms with Crippen LogP contribution in [0.1, 0.15) is 13.8 Å². The molecule has 6 heteroatoms. The quantitative estimate of drug-likeness (QED) is 0.479. The van der Waals surface area contributed by atoms with Gasteiger partial charge in [0.2, 0.25) is 0 Å². The number of hydrogen-bond acceptors (Lipinski definition) is 4. The molecule has 0 aliphatic heterocycles. The lowest BCUT2D eigenvalue weighted by molar-refractivity contribution is -0.603. The van der Waals surface area contributed by atoms with Gasteiger partial charge in [-0.2, -0.15) is 4.73 Å². The molecule has 1 aromatic heterocycles. The Morgan fingerprint density at radius 1 is 1.21 bits per heavy atom. The highest BCUT2D eigenvalue weighted by Gasteiger charge is 2.28. The molecule has 0 saturated heterocycles. The molecule has 0 spiro atoms. The lowest BCUT2D eigenvalue weighted by Gasteiger charge is -2.18. The van der Waals surface area contributed by atoms with Crippen LogP contribution in [0.15, 0.2) is 36.7 Å². The number of hydrogen-bond donors (Lipinski definition) is 0. The molecule has 102 valence electrons. The summed E-state index contributed by atoms with van der Waals surface area (Å²) in [5.41, 5.74) is 0. The third-order valence-corrected chi connectivity index (χ3v) is 4.84. The summed E-state index contributed by atoms with van der Waals surface area (Å²) in [5, 5.41) is 13.2. The van der Waals surface area contributed by atoms with Gasteiger partial charge in [-0.25, -0.2) is 0 Å². The minimum Gasteiger partial charge on any atom is -0.619 e. The Hall–Kier alpha value is -1.42. The average Bonchev–Trinajstić information content (AvgIpc) is 2.38. The van der Waals surface area contributed by atoms with Crippen molar-refractivity contribution in [3.05, 3.63) is 41.9 Å². The molecule has 0 aliphatic rings. The Balaban J connectivity index is 2.63. The first-order chi connectivity index (χ1) is 9.10. The van der Waals surface area contributed by atoms with E-state index < -0.39 is 7.60 Å². The number of nitrogens with zero attached hydrogens (tertiary/aromatic N) is 1. The van der Waals surface area contributed by atoms with Gasteiger partial charge < -0.3 is 14.3 Å². The Morgan fingerprint density at radius 2 is 1.89 bits per heavy atom. The van der Waals surface area contributed by atoms with E-state index in [1.54, 1.807) is 38.1 Å². The van der Waals surface area contributed by atoms with E-state index in [4.69, 9.17) is 9.05 Å². The minimum absolute atomic E-state index is 0.294. The predicted molar refractivity (Wildman–Crippen MR) is 73.4 cm³/mol. The number of benzene rings is 1. The molecule has 0 amide bonds. The van der Waals surface area contributed by atoms with E-state index in [0.717, 1.165) is 0 Å². The Labute approximate surface area is 111 Å². The normalized spacial score (nSPS) is 11.9. The summed E-state index contributed by atoms with van der Waals surface area (Å²) < 4.78 is 24.2. The molecule has 0 unspecified atom stereocenters. The SMILES string of the molecule is CCOP(=O)(OCC)c1cccc2c[n+]([O-])ccc12. The molecule has 1 aromatic carbocycles. The molecule has 19 heavy (non-hydrogen) atoms. The number of aromatic nitrogens is 1. The van der Waals surface area contributed by atoms with Crippen molar-refractivity contribution in [1.29, 1.82) is 0 Å². The maximum Gasteiger partial charge on any atom is 0.361 e. The van der Waals surface area contributed by atoms with Crippen LogP contribution in [0.4, 0.5) is 0 Å². The van der Waals surface area contributed by atoms with Gasteiger partial charge in [0.1, 0.15) is 0 Å². The summed E-state index contributed by atoms with van der Waals surface area (Å²) in [5.74, 6) is 0. The number of pyridine rings is 1. The molecule has 0 bridgehead atoms. The van der Waals surface area contributed by atoms with Crippen LogP contribution in [0.5, 0.6) is 0 Å². The van der Waals surface area contributed by atoms with Crippen molar-refractivity contribution >= 4 is 23.7 Å². The largest absolute Gasteiger partial charge is 0.619 e. The van der Waals surface area contributed by atoms with E-state index in [0.29, 0.717) is 34.0 Å². The second kappa shape index (κ2) is 5.70. The Kier molecular flexibility index (Phi) is 4.20. The van der Waals surface area contributed by atoms with Crippen molar-refractivity contribution < 1.29 is 18.3 Å². The topological polar surface area (TPSA) is 62.5 Å². The summed E-state index contributed by atoms with van der Waals surface area (Å²) in [6.45, 7) is 4.12. The fraction of sp³-hybridized carbons (Fsp3) is 0.308. The van der Waals surface area contributed by atoms with Crippen LogP contribution in [0.3, 0.4) is 0 Å². The van der Waals surface area contributed by atoms with Crippen molar-refractivity contribution in [3.8, 4) is 0 Å². The third-order valence-electron chi connectivity index (χ3n) is 2.66. The third kappa shape index (κ3) is 2.78. The molecule has 0 atom stereocenters. The fourth-order valence-corrected chi connectivity index (χ4v) is 3.75. The van der Waals surface area contributed by atoms with Gasteiger partial charge in [0, 0.05) is 16.8 Å². The van der Waals surface area contributed by atoms with E-state index in [2.05, 4.69) is 0 Å². The molecular weight excluding hydrogens is 265 g/mol. The van der Waals surface area contributed by atoms with Crippen LogP contribution in [0, 0.1) is 5.21 Å². The summed E-state index contributed by atoms with van der Waals surface area (Å²) in [4.78, 5) is 0. The molecule has 0 aliphatic carbocycles. The zero-order valence-electron chi connectivity index (χ0n) is 10.9. The monoisotopic (exact) mass is 281 g/mol. The zero-order valence-corrected chi connectivity index (χ0v) is 11.8. The molecule has 2 aromatic rings. The standard InChI is InChI=1S/C13H16NO4P/c1-3-17-19(16,18-4-2)13-7-5-6-11-10-14(15)9-8-12(11)13/h5-10H,3-4H2,1-2H3. The van der Waals surface area contributed by atoms with E-state index >= 15 is 0 Å². The van der Waals surface area contributed by atoms with E-state index in [9.17, 15) is 9.77 Å². The van der Waals surface area contributed by atoms with Crippen LogP contribution >= 0.6 is 7.60 Å². The van der Waals surface area contributed by atoms with E-state index in [-0.39, 0.29) is 0 Å². The van der Waals surface area contributed by atoms with Crippen LogP contribution in [0.2, 0.25) is 0 Å². The molecule has 0 N–H and O–H groups in total. The lowest BCUT2D eigenvalue weighted by Crippen LogP contribution is -2.24. The van der Waals surface area contributed by atoms with Gasteiger partial charge in [0.15, 0.2) is 12.4 Å². The predicted octanol–water partition coefficient (Wildman–Crippen LogP) is 2.36. The van der Waals surface area contributed by atoms with Crippen LogP contribution in [-0.2, 0) is 13.6 Å². The fourth-order valence-electron chi connectivity index (χ4n) is 1.95. The van der Waals surface area contributed by atoms with Gasteiger partial charge in [-0.1, -0.05) is 6.07 Å².